The zero-order chi connectivity index (χ0) is 22.6. The molecule has 0 radical (unpaired) electrons. The molecule has 0 saturated carbocycles. The predicted octanol–water partition coefficient (Wildman–Crippen LogP) is 7.31. The van der Waals surface area contributed by atoms with Crippen molar-refractivity contribution in [3.63, 3.8) is 0 Å². The van der Waals surface area contributed by atoms with Crippen molar-refractivity contribution in [2.45, 2.75) is 39.0 Å². The number of carbonyl (C=O) groups excluding carboxylic acids is 2. The van der Waals surface area contributed by atoms with Crippen LogP contribution in [0.4, 0.5) is 5.69 Å². The molecule has 1 heterocycles. The minimum atomic E-state index is -0.276. The lowest BCUT2D eigenvalue weighted by Crippen LogP contribution is -2.43. The molecular weight excluding hydrogens is 441 g/mol. The number of amides is 1. The van der Waals surface area contributed by atoms with E-state index in [9.17, 15) is 9.59 Å². The van der Waals surface area contributed by atoms with E-state index in [1.54, 1.807) is 23.1 Å². The van der Waals surface area contributed by atoms with E-state index in [0.29, 0.717) is 28.6 Å². The van der Waals surface area contributed by atoms with Crippen molar-refractivity contribution in [2.75, 3.05) is 4.90 Å². The highest BCUT2D eigenvalue weighted by Crippen LogP contribution is 2.50. The fourth-order valence-corrected chi connectivity index (χ4v) is 5.56. The van der Waals surface area contributed by atoms with Gasteiger partial charge < -0.3 is 0 Å². The molecule has 1 aliphatic heterocycles. The maximum Gasteiger partial charge on any atom is 0.232 e. The summed E-state index contributed by atoms with van der Waals surface area (Å²) in [6.07, 6.45) is 1.28. The third-order valence-corrected chi connectivity index (χ3v) is 7.32. The first-order valence-electron chi connectivity index (χ1n) is 10.8. The molecule has 1 atom stereocenters. The molecule has 0 N–H and O–H groups in total. The molecule has 3 aromatic carbocycles. The van der Waals surface area contributed by atoms with Crippen molar-refractivity contribution < 1.29 is 9.59 Å². The molecule has 0 aromatic heterocycles. The average Bonchev–Trinajstić information content (AvgIpc) is 2.74. The van der Waals surface area contributed by atoms with Gasteiger partial charge in [0.1, 0.15) is 0 Å². The van der Waals surface area contributed by atoms with E-state index in [-0.39, 0.29) is 29.4 Å². The van der Waals surface area contributed by atoms with Crippen LogP contribution in [0.5, 0.6) is 0 Å². The van der Waals surface area contributed by atoms with Crippen LogP contribution >= 0.6 is 23.2 Å². The van der Waals surface area contributed by atoms with Crippen molar-refractivity contribution >= 4 is 51.4 Å². The van der Waals surface area contributed by atoms with Crippen LogP contribution < -0.4 is 4.90 Å². The van der Waals surface area contributed by atoms with Gasteiger partial charge in [-0.05, 0) is 40.3 Å². The van der Waals surface area contributed by atoms with Gasteiger partial charge in [-0.3, -0.25) is 14.5 Å². The van der Waals surface area contributed by atoms with Crippen LogP contribution in [0, 0.1) is 5.41 Å². The molecule has 1 unspecified atom stereocenters. The smallest absolute Gasteiger partial charge is 0.232 e. The number of rotatable bonds is 2. The van der Waals surface area contributed by atoms with Gasteiger partial charge in [0.15, 0.2) is 5.78 Å². The maximum absolute atomic E-state index is 13.6. The number of ketones is 1. The largest absolute Gasteiger partial charge is 0.294 e. The summed E-state index contributed by atoms with van der Waals surface area (Å²) in [6.45, 7) is 4.14. The van der Waals surface area contributed by atoms with E-state index in [1.165, 1.54) is 0 Å². The van der Waals surface area contributed by atoms with Gasteiger partial charge in [-0.1, -0.05) is 85.6 Å². The zero-order valence-electron chi connectivity index (χ0n) is 18.0. The fourth-order valence-electron chi connectivity index (χ4n) is 5.18. The Morgan fingerprint density at radius 1 is 0.906 bits per heavy atom. The number of allylic oxidation sites excluding steroid dienone is 2. The Morgan fingerprint density at radius 3 is 2.44 bits per heavy atom. The fraction of sp³-hybridized carbons (Fsp3) is 0.259. The van der Waals surface area contributed by atoms with Gasteiger partial charge in [-0.25, -0.2) is 0 Å². The Hall–Kier alpha value is -2.62. The first kappa shape index (κ1) is 21.2. The van der Waals surface area contributed by atoms with Gasteiger partial charge >= 0.3 is 0 Å². The van der Waals surface area contributed by atoms with E-state index < -0.39 is 0 Å². The minimum absolute atomic E-state index is 0.0728. The van der Waals surface area contributed by atoms with Gasteiger partial charge in [0.2, 0.25) is 5.91 Å². The third-order valence-electron chi connectivity index (χ3n) is 6.51. The number of benzene rings is 3. The van der Waals surface area contributed by atoms with Crippen LogP contribution in [0.2, 0.25) is 10.0 Å². The topological polar surface area (TPSA) is 37.4 Å². The summed E-state index contributed by atoms with van der Waals surface area (Å²) in [6, 6.07) is 19.5. The summed E-state index contributed by atoms with van der Waals surface area (Å²) in [4.78, 5) is 28.8. The Balaban J connectivity index is 1.76. The number of Topliss-reactive ketones (excluding diaryl/α,β-unsaturated/α-hetero) is 1. The quantitative estimate of drug-likeness (QED) is 0.399. The standard InChI is InChI=1S/C27H23Cl2NO2/c1-27(2)14-22-25(23(31)15-27)19(18-10-5-8-16-7-3-4-9-17(16)18)13-24(32)30(22)21-12-6-11-20(28)26(21)29/h3-12,19H,13-15H2,1-2H3. The Kier molecular flexibility index (Phi) is 5.15. The number of hydrogen-bond acceptors (Lipinski definition) is 2. The molecular formula is C27H23Cl2NO2. The molecule has 1 aliphatic carbocycles. The highest BCUT2D eigenvalue weighted by Gasteiger charge is 2.45. The molecule has 5 rings (SSSR count). The van der Waals surface area contributed by atoms with Crippen molar-refractivity contribution in [1.29, 1.82) is 0 Å². The number of carbonyl (C=O) groups is 2. The lowest BCUT2D eigenvalue weighted by molar-refractivity contribution is -0.120. The second-order valence-corrected chi connectivity index (χ2v) is 10.2. The van der Waals surface area contributed by atoms with Crippen LogP contribution in [0.15, 0.2) is 71.9 Å². The molecule has 0 fully saturated rings. The number of halogens is 2. The van der Waals surface area contributed by atoms with Crippen molar-refractivity contribution in [1.82, 2.24) is 0 Å². The van der Waals surface area contributed by atoms with E-state index in [2.05, 4.69) is 32.0 Å². The molecule has 0 bridgehead atoms. The number of hydrogen-bond donors (Lipinski definition) is 0. The first-order valence-corrected chi connectivity index (χ1v) is 11.5. The third kappa shape index (κ3) is 3.44. The van der Waals surface area contributed by atoms with Gasteiger partial charge in [-0.15, -0.1) is 0 Å². The van der Waals surface area contributed by atoms with E-state index in [0.717, 1.165) is 27.6 Å². The van der Waals surface area contributed by atoms with Gasteiger partial charge in [0, 0.05) is 30.0 Å². The molecule has 32 heavy (non-hydrogen) atoms. The summed E-state index contributed by atoms with van der Waals surface area (Å²) in [5.41, 5.74) is 2.80. The summed E-state index contributed by atoms with van der Waals surface area (Å²) < 4.78 is 0. The summed E-state index contributed by atoms with van der Waals surface area (Å²) >= 11 is 12.8. The monoisotopic (exact) mass is 463 g/mol. The van der Waals surface area contributed by atoms with Gasteiger partial charge in [0.25, 0.3) is 0 Å². The number of nitrogens with zero attached hydrogens (tertiary/aromatic N) is 1. The second-order valence-electron chi connectivity index (χ2n) is 9.43. The zero-order valence-corrected chi connectivity index (χ0v) is 19.5. The highest BCUT2D eigenvalue weighted by atomic mass is 35.5. The Labute approximate surface area is 197 Å². The molecule has 5 heteroatoms. The molecule has 0 spiro atoms. The summed E-state index contributed by atoms with van der Waals surface area (Å²) in [5.74, 6) is -0.248. The molecule has 1 amide bonds. The van der Waals surface area contributed by atoms with Gasteiger partial charge in [0.05, 0.1) is 15.7 Å². The molecule has 3 nitrogen and oxygen atoms in total. The Morgan fingerprint density at radius 2 is 1.62 bits per heavy atom. The second kappa shape index (κ2) is 7.75. The highest BCUT2D eigenvalue weighted by molar-refractivity contribution is 6.44. The lowest BCUT2D eigenvalue weighted by Gasteiger charge is -2.43. The number of anilines is 1. The number of fused-ring (bicyclic) bond motifs is 1. The van der Waals surface area contributed by atoms with E-state index in [1.807, 2.05) is 24.3 Å². The molecule has 3 aromatic rings. The van der Waals surface area contributed by atoms with Crippen molar-refractivity contribution in [2.24, 2.45) is 5.41 Å². The SMILES string of the molecule is CC1(C)CC(=O)C2=C(C1)N(c1cccc(Cl)c1Cl)C(=O)CC2c1cccc2ccccc12. The first-order chi connectivity index (χ1) is 15.3. The molecule has 0 saturated heterocycles. The van der Waals surface area contributed by atoms with Crippen molar-refractivity contribution in [3.8, 4) is 0 Å². The normalized spacial score (nSPS) is 20.6. The maximum atomic E-state index is 13.6. The Bertz CT molecular complexity index is 1300. The summed E-state index contributed by atoms with van der Waals surface area (Å²) in [5, 5.41) is 2.89. The predicted molar refractivity (Wildman–Crippen MR) is 130 cm³/mol. The van der Waals surface area contributed by atoms with Crippen molar-refractivity contribution in [3.05, 3.63) is 87.5 Å². The molecule has 162 valence electrons. The molecule has 2 aliphatic rings. The van der Waals surface area contributed by atoms with Gasteiger partial charge in [-0.2, -0.15) is 0 Å². The van der Waals surface area contributed by atoms with E-state index in [4.69, 9.17) is 23.2 Å². The van der Waals surface area contributed by atoms with Crippen LogP contribution in [-0.4, -0.2) is 11.7 Å². The van der Waals surface area contributed by atoms with Crippen LogP contribution in [0.1, 0.15) is 44.6 Å². The van der Waals surface area contributed by atoms with E-state index >= 15 is 0 Å². The summed E-state index contributed by atoms with van der Waals surface area (Å²) in [7, 11) is 0. The lowest BCUT2D eigenvalue weighted by atomic mass is 9.69. The minimum Gasteiger partial charge on any atom is -0.294 e. The van der Waals surface area contributed by atoms with Crippen LogP contribution in [0.25, 0.3) is 10.8 Å². The van der Waals surface area contributed by atoms with Crippen LogP contribution in [0.3, 0.4) is 0 Å². The van der Waals surface area contributed by atoms with Crippen LogP contribution in [-0.2, 0) is 9.59 Å². The average molecular weight is 464 g/mol.